The number of carbonyl (C=O) groups is 1. The van der Waals surface area contributed by atoms with Gasteiger partial charge in [0.15, 0.2) is 0 Å². The van der Waals surface area contributed by atoms with Crippen LogP contribution in [-0.4, -0.2) is 27.3 Å². The van der Waals surface area contributed by atoms with E-state index in [-0.39, 0.29) is 12.1 Å². The molecule has 1 N–H and O–H groups in total. The van der Waals surface area contributed by atoms with Gasteiger partial charge in [-0.2, -0.15) is 0 Å². The molecular formula is C23H31N3O3. The minimum Gasteiger partial charge on any atom is -0.444 e. The summed E-state index contributed by atoms with van der Waals surface area (Å²) in [7, 11) is 0. The van der Waals surface area contributed by atoms with Gasteiger partial charge in [-0.15, -0.1) is 0 Å². The molecule has 2 bridgehead atoms. The van der Waals surface area contributed by atoms with Gasteiger partial charge < -0.3 is 19.4 Å². The molecule has 3 aliphatic carbocycles. The van der Waals surface area contributed by atoms with Crippen molar-refractivity contribution in [2.45, 2.75) is 70.9 Å². The molecule has 156 valence electrons. The molecule has 1 heterocycles. The first-order valence-corrected chi connectivity index (χ1v) is 10.5. The normalized spacial score (nSPS) is 25.9. The van der Waals surface area contributed by atoms with Crippen LogP contribution >= 0.6 is 0 Å². The van der Waals surface area contributed by atoms with Crippen LogP contribution in [0.4, 0.5) is 4.79 Å². The number of nitrogens with one attached hydrogen (secondary N) is 1. The van der Waals surface area contributed by atoms with E-state index in [1.807, 2.05) is 45.2 Å². The summed E-state index contributed by atoms with van der Waals surface area (Å²) in [5, 5.41) is 3.11. The Hall–Kier alpha value is -2.34. The highest BCUT2D eigenvalue weighted by molar-refractivity contribution is 5.68. The number of hydrogen-bond donors (Lipinski definition) is 1. The van der Waals surface area contributed by atoms with Crippen molar-refractivity contribution >= 4 is 6.09 Å². The molecular weight excluding hydrogens is 366 g/mol. The summed E-state index contributed by atoms with van der Waals surface area (Å²) < 4.78 is 13.6. The van der Waals surface area contributed by atoms with Crippen molar-refractivity contribution in [3.63, 3.8) is 0 Å². The lowest BCUT2D eigenvalue weighted by Crippen LogP contribution is -2.54. The molecule has 6 nitrogen and oxygen atoms in total. The molecule has 5 rings (SSSR count). The molecule has 2 aromatic rings. The Morgan fingerprint density at radius 1 is 1.14 bits per heavy atom. The summed E-state index contributed by atoms with van der Waals surface area (Å²) in [6.07, 6.45) is 6.79. The van der Waals surface area contributed by atoms with Gasteiger partial charge in [-0.05, 0) is 57.4 Å². The SMILES string of the molecule is CC(C)(C)OC(=O)NC1CC(n2ccnc2COCc2ccccc2)C2CC1C2. The fourth-order valence-electron chi connectivity index (χ4n) is 4.56. The van der Waals surface area contributed by atoms with E-state index < -0.39 is 5.60 Å². The van der Waals surface area contributed by atoms with E-state index in [0.29, 0.717) is 31.1 Å². The Bertz CT molecular complexity index is 821. The average Bonchev–Trinajstić information content (AvgIpc) is 3.08. The number of rotatable bonds is 6. The summed E-state index contributed by atoms with van der Waals surface area (Å²) in [5.41, 5.74) is 0.681. The molecule has 0 spiro atoms. The lowest BCUT2D eigenvalue weighted by atomic mass is 9.60. The molecule has 0 saturated heterocycles. The van der Waals surface area contributed by atoms with E-state index in [1.165, 1.54) is 0 Å². The smallest absolute Gasteiger partial charge is 0.407 e. The Balaban J connectivity index is 1.36. The van der Waals surface area contributed by atoms with Gasteiger partial charge in [0, 0.05) is 24.5 Å². The van der Waals surface area contributed by atoms with Gasteiger partial charge >= 0.3 is 6.09 Å². The standard InChI is InChI=1S/C23H31N3O3/c1-23(2,3)29-22(27)25-19-13-20(18-11-17(19)12-18)26-10-9-24-21(26)15-28-14-16-7-5-4-6-8-16/h4-10,17-20H,11-15H2,1-3H3,(H,25,27). The molecule has 0 aliphatic heterocycles. The van der Waals surface area contributed by atoms with Crippen molar-refractivity contribution in [3.05, 3.63) is 54.1 Å². The molecule has 3 fully saturated rings. The number of ether oxygens (including phenoxy) is 2. The molecule has 6 heteroatoms. The number of nitrogens with zero attached hydrogens (tertiary/aromatic N) is 2. The number of imidazole rings is 1. The van der Waals surface area contributed by atoms with Gasteiger partial charge in [-0.25, -0.2) is 9.78 Å². The van der Waals surface area contributed by atoms with E-state index in [9.17, 15) is 4.79 Å². The fraction of sp³-hybridized carbons (Fsp3) is 0.565. The van der Waals surface area contributed by atoms with Gasteiger partial charge in [0.1, 0.15) is 18.0 Å². The monoisotopic (exact) mass is 397 g/mol. The van der Waals surface area contributed by atoms with Gasteiger partial charge in [-0.3, -0.25) is 0 Å². The second-order valence-corrected chi connectivity index (χ2v) is 9.28. The molecule has 1 aromatic heterocycles. The van der Waals surface area contributed by atoms with Crippen LogP contribution in [0.15, 0.2) is 42.7 Å². The third-order valence-electron chi connectivity index (χ3n) is 5.97. The Labute approximate surface area is 172 Å². The predicted octanol–water partition coefficient (Wildman–Crippen LogP) is 4.46. The van der Waals surface area contributed by atoms with Crippen LogP contribution in [0.2, 0.25) is 0 Å². The number of alkyl carbamates (subject to hydrolysis) is 1. The quantitative estimate of drug-likeness (QED) is 0.781. The zero-order valence-electron chi connectivity index (χ0n) is 17.5. The van der Waals surface area contributed by atoms with Crippen molar-refractivity contribution < 1.29 is 14.3 Å². The lowest BCUT2D eigenvalue weighted by molar-refractivity contribution is 0.00495. The molecule has 1 amide bonds. The van der Waals surface area contributed by atoms with E-state index in [4.69, 9.17) is 9.47 Å². The number of benzene rings is 1. The Morgan fingerprint density at radius 3 is 2.62 bits per heavy atom. The third-order valence-corrected chi connectivity index (χ3v) is 5.97. The van der Waals surface area contributed by atoms with Crippen LogP contribution in [0.5, 0.6) is 0 Å². The maximum Gasteiger partial charge on any atom is 0.407 e. The zero-order chi connectivity index (χ0) is 20.4. The minimum atomic E-state index is -0.478. The van der Waals surface area contributed by atoms with E-state index in [1.54, 1.807) is 0 Å². The number of hydrogen-bond acceptors (Lipinski definition) is 4. The summed E-state index contributed by atoms with van der Waals surface area (Å²) in [6.45, 7) is 6.74. The second-order valence-electron chi connectivity index (χ2n) is 9.28. The van der Waals surface area contributed by atoms with E-state index in [2.05, 4.69) is 33.2 Å². The van der Waals surface area contributed by atoms with E-state index in [0.717, 1.165) is 30.7 Å². The fourth-order valence-corrected chi connectivity index (χ4v) is 4.56. The molecule has 2 unspecified atom stereocenters. The number of amides is 1. The molecule has 1 aromatic carbocycles. The highest BCUT2D eigenvalue weighted by atomic mass is 16.6. The van der Waals surface area contributed by atoms with Crippen LogP contribution in [0.25, 0.3) is 0 Å². The highest BCUT2D eigenvalue weighted by Crippen LogP contribution is 2.51. The van der Waals surface area contributed by atoms with Gasteiger partial charge in [0.2, 0.25) is 0 Å². The second kappa shape index (κ2) is 8.19. The number of aromatic nitrogens is 2. The number of fused-ring (bicyclic) bond motifs is 2. The first-order chi connectivity index (χ1) is 13.9. The van der Waals surface area contributed by atoms with Crippen molar-refractivity contribution in [2.24, 2.45) is 11.8 Å². The van der Waals surface area contributed by atoms with Gasteiger partial charge in [-0.1, -0.05) is 30.3 Å². The molecule has 3 saturated carbocycles. The topological polar surface area (TPSA) is 65.4 Å². The zero-order valence-corrected chi connectivity index (χ0v) is 17.5. The van der Waals surface area contributed by atoms with Crippen molar-refractivity contribution in [2.75, 3.05) is 0 Å². The van der Waals surface area contributed by atoms with Crippen LogP contribution in [-0.2, 0) is 22.7 Å². The van der Waals surface area contributed by atoms with Gasteiger partial charge in [0.25, 0.3) is 0 Å². The van der Waals surface area contributed by atoms with Crippen LogP contribution in [0, 0.1) is 11.8 Å². The largest absolute Gasteiger partial charge is 0.444 e. The van der Waals surface area contributed by atoms with Crippen molar-refractivity contribution in [3.8, 4) is 0 Å². The van der Waals surface area contributed by atoms with Crippen LogP contribution < -0.4 is 5.32 Å². The van der Waals surface area contributed by atoms with Crippen molar-refractivity contribution in [1.82, 2.24) is 14.9 Å². The highest BCUT2D eigenvalue weighted by Gasteiger charge is 2.47. The summed E-state index contributed by atoms with van der Waals surface area (Å²) in [6, 6.07) is 10.7. The molecule has 0 radical (unpaired) electrons. The molecule has 29 heavy (non-hydrogen) atoms. The molecule has 3 aliphatic rings. The maximum absolute atomic E-state index is 12.3. The minimum absolute atomic E-state index is 0.153. The lowest BCUT2D eigenvalue weighted by Gasteiger charge is -2.51. The predicted molar refractivity (Wildman–Crippen MR) is 110 cm³/mol. The summed E-state index contributed by atoms with van der Waals surface area (Å²) >= 11 is 0. The Morgan fingerprint density at radius 2 is 1.90 bits per heavy atom. The van der Waals surface area contributed by atoms with Gasteiger partial charge in [0.05, 0.1) is 6.61 Å². The molecule has 2 atom stereocenters. The van der Waals surface area contributed by atoms with Crippen LogP contribution in [0.1, 0.15) is 57.5 Å². The number of carbonyl (C=O) groups excluding carboxylic acids is 1. The third kappa shape index (κ3) is 4.81. The summed E-state index contributed by atoms with van der Waals surface area (Å²) in [5.74, 6) is 2.16. The van der Waals surface area contributed by atoms with Crippen LogP contribution in [0.3, 0.4) is 0 Å². The Kier molecular flexibility index (Phi) is 5.63. The van der Waals surface area contributed by atoms with Crippen molar-refractivity contribution in [1.29, 1.82) is 0 Å². The average molecular weight is 398 g/mol. The first kappa shape index (κ1) is 20.0. The van der Waals surface area contributed by atoms with E-state index >= 15 is 0 Å². The summed E-state index contributed by atoms with van der Waals surface area (Å²) in [4.78, 5) is 16.8. The first-order valence-electron chi connectivity index (χ1n) is 10.5. The maximum atomic E-state index is 12.3.